The fourth-order valence-electron chi connectivity index (χ4n) is 0.965. The first-order valence-electron chi connectivity index (χ1n) is 4.65. The van der Waals surface area contributed by atoms with Crippen LogP contribution in [0.4, 0.5) is 0 Å². The Hall–Kier alpha value is -1.07. The zero-order valence-corrected chi connectivity index (χ0v) is 9.63. The van der Waals surface area contributed by atoms with E-state index in [0.29, 0.717) is 30.4 Å². The van der Waals surface area contributed by atoms with Gasteiger partial charge in [-0.25, -0.2) is 4.79 Å². The van der Waals surface area contributed by atoms with E-state index in [1.807, 2.05) is 6.92 Å². The van der Waals surface area contributed by atoms with Crippen molar-refractivity contribution in [3.63, 3.8) is 0 Å². The minimum atomic E-state index is -0.334. The summed E-state index contributed by atoms with van der Waals surface area (Å²) in [6.07, 6.45) is 0. The van der Waals surface area contributed by atoms with Crippen LogP contribution in [-0.4, -0.2) is 32.9 Å². The van der Waals surface area contributed by atoms with E-state index in [-0.39, 0.29) is 5.97 Å². The summed E-state index contributed by atoms with van der Waals surface area (Å²) in [5, 5.41) is 1.78. The lowest BCUT2D eigenvalue weighted by Gasteiger charge is -2.02. The van der Waals surface area contributed by atoms with Crippen molar-refractivity contribution >= 4 is 17.3 Å². The van der Waals surface area contributed by atoms with Crippen molar-refractivity contribution in [2.75, 3.05) is 26.9 Å². The van der Waals surface area contributed by atoms with E-state index >= 15 is 0 Å². The Bertz CT molecular complexity index is 308. The number of thiophene rings is 1. The maximum absolute atomic E-state index is 11.1. The number of esters is 1. The summed E-state index contributed by atoms with van der Waals surface area (Å²) >= 11 is 1.31. The molecule has 1 rings (SSSR count). The summed E-state index contributed by atoms with van der Waals surface area (Å²) in [6, 6.07) is 1.67. The van der Waals surface area contributed by atoms with E-state index in [0.717, 1.165) is 0 Å². The molecular formula is C10H14O4S. The predicted octanol–water partition coefficient (Wildman–Crippen LogP) is 1.95. The molecule has 84 valence electrons. The number of hydrogen-bond donors (Lipinski definition) is 0. The van der Waals surface area contributed by atoms with E-state index in [2.05, 4.69) is 4.74 Å². The van der Waals surface area contributed by atoms with Gasteiger partial charge < -0.3 is 14.2 Å². The van der Waals surface area contributed by atoms with Gasteiger partial charge in [-0.15, -0.1) is 11.3 Å². The molecule has 15 heavy (non-hydrogen) atoms. The summed E-state index contributed by atoms with van der Waals surface area (Å²) in [7, 11) is 1.36. The van der Waals surface area contributed by atoms with Crippen LogP contribution in [0, 0.1) is 0 Å². The number of methoxy groups -OCH3 is 1. The topological polar surface area (TPSA) is 44.8 Å². The molecule has 0 saturated heterocycles. The summed E-state index contributed by atoms with van der Waals surface area (Å²) in [6.45, 7) is 3.66. The second-order valence-electron chi connectivity index (χ2n) is 2.68. The molecule has 0 atom stereocenters. The van der Waals surface area contributed by atoms with Crippen molar-refractivity contribution in [2.45, 2.75) is 6.92 Å². The molecule has 1 aromatic heterocycles. The van der Waals surface area contributed by atoms with Gasteiger partial charge in [0.05, 0.1) is 13.7 Å². The third kappa shape index (κ3) is 3.89. The molecule has 0 fully saturated rings. The molecule has 0 aromatic carbocycles. The molecule has 0 aliphatic rings. The molecule has 0 aliphatic carbocycles. The fourth-order valence-corrected chi connectivity index (χ4v) is 1.71. The lowest BCUT2D eigenvalue weighted by atomic mass is 10.4. The average molecular weight is 230 g/mol. The second-order valence-corrected chi connectivity index (χ2v) is 3.59. The Balaban J connectivity index is 2.36. The molecule has 0 saturated carbocycles. The van der Waals surface area contributed by atoms with Gasteiger partial charge in [0.2, 0.25) is 0 Å². The van der Waals surface area contributed by atoms with Gasteiger partial charge in [-0.1, -0.05) is 0 Å². The predicted molar refractivity (Wildman–Crippen MR) is 57.6 cm³/mol. The molecule has 1 aromatic rings. The van der Waals surface area contributed by atoms with Gasteiger partial charge in [0.25, 0.3) is 0 Å². The van der Waals surface area contributed by atoms with Crippen LogP contribution >= 0.6 is 11.3 Å². The normalized spacial score (nSPS) is 10.0. The van der Waals surface area contributed by atoms with Gasteiger partial charge in [-0.05, 0) is 6.92 Å². The monoisotopic (exact) mass is 230 g/mol. The molecule has 0 N–H and O–H groups in total. The highest BCUT2D eigenvalue weighted by atomic mass is 32.1. The van der Waals surface area contributed by atoms with Crippen LogP contribution in [0.2, 0.25) is 0 Å². The van der Waals surface area contributed by atoms with Crippen LogP contribution in [0.25, 0.3) is 0 Å². The minimum Gasteiger partial charge on any atom is -0.490 e. The molecule has 0 spiro atoms. The van der Waals surface area contributed by atoms with Gasteiger partial charge in [0.15, 0.2) is 0 Å². The highest BCUT2D eigenvalue weighted by molar-refractivity contribution is 7.12. The van der Waals surface area contributed by atoms with E-state index in [1.165, 1.54) is 18.4 Å². The van der Waals surface area contributed by atoms with Crippen molar-refractivity contribution < 1.29 is 19.0 Å². The van der Waals surface area contributed by atoms with Crippen LogP contribution in [0.15, 0.2) is 11.4 Å². The Morgan fingerprint density at radius 3 is 2.93 bits per heavy atom. The average Bonchev–Trinajstić information content (AvgIpc) is 2.72. The Morgan fingerprint density at radius 2 is 2.27 bits per heavy atom. The van der Waals surface area contributed by atoms with Crippen molar-refractivity contribution in [1.29, 1.82) is 0 Å². The van der Waals surface area contributed by atoms with E-state index < -0.39 is 0 Å². The lowest BCUT2D eigenvalue weighted by molar-refractivity contribution is 0.0606. The Labute approximate surface area is 92.8 Å². The van der Waals surface area contributed by atoms with Crippen molar-refractivity contribution in [2.24, 2.45) is 0 Å². The van der Waals surface area contributed by atoms with Crippen LogP contribution in [0.3, 0.4) is 0 Å². The van der Waals surface area contributed by atoms with Gasteiger partial charge in [0, 0.05) is 18.1 Å². The van der Waals surface area contributed by atoms with Crippen LogP contribution in [0.1, 0.15) is 16.6 Å². The second kappa shape index (κ2) is 6.42. The highest BCUT2D eigenvalue weighted by Gasteiger charge is 2.09. The van der Waals surface area contributed by atoms with E-state index in [1.54, 1.807) is 11.4 Å². The third-order valence-corrected chi connectivity index (χ3v) is 2.55. The maximum Gasteiger partial charge on any atom is 0.348 e. The quantitative estimate of drug-likeness (QED) is 0.553. The summed E-state index contributed by atoms with van der Waals surface area (Å²) in [5.41, 5.74) is 0. The van der Waals surface area contributed by atoms with Crippen molar-refractivity contribution in [3.05, 3.63) is 16.3 Å². The van der Waals surface area contributed by atoms with Gasteiger partial charge in [-0.3, -0.25) is 0 Å². The zero-order chi connectivity index (χ0) is 11.1. The minimum absolute atomic E-state index is 0.334. The zero-order valence-electron chi connectivity index (χ0n) is 8.82. The SMILES string of the molecule is CCOCCOc1csc(C(=O)OC)c1. The number of carbonyl (C=O) groups excluding carboxylic acids is 1. The fraction of sp³-hybridized carbons (Fsp3) is 0.500. The molecule has 0 aliphatic heterocycles. The number of carbonyl (C=O) groups is 1. The number of ether oxygens (including phenoxy) is 3. The van der Waals surface area contributed by atoms with Gasteiger partial charge in [0.1, 0.15) is 17.2 Å². The molecule has 1 heterocycles. The van der Waals surface area contributed by atoms with Crippen LogP contribution in [-0.2, 0) is 9.47 Å². The summed E-state index contributed by atoms with van der Waals surface area (Å²) in [4.78, 5) is 11.7. The van der Waals surface area contributed by atoms with Gasteiger partial charge >= 0.3 is 5.97 Å². The first kappa shape index (κ1) is 12.0. The smallest absolute Gasteiger partial charge is 0.348 e. The van der Waals surface area contributed by atoms with Crippen LogP contribution < -0.4 is 4.74 Å². The number of hydrogen-bond acceptors (Lipinski definition) is 5. The molecule has 0 radical (unpaired) electrons. The first-order chi connectivity index (χ1) is 7.27. The molecule has 4 nitrogen and oxygen atoms in total. The number of rotatable bonds is 6. The maximum atomic E-state index is 11.1. The molecular weight excluding hydrogens is 216 g/mol. The molecule has 0 amide bonds. The summed E-state index contributed by atoms with van der Waals surface area (Å²) < 4.78 is 15.1. The van der Waals surface area contributed by atoms with Crippen molar-refractivity contribution in [1.82, 2.24) is 0 Å². The summed E-state index contributed by atoms with van der Waals surface area (Å²) in [5.74, 6) is 0.347. The third-order valence-electron chi connectivity index (χ3n) is 1.66. The first-order valence-corrected chi connectivity index (χ1v) is 5.53. The standard InChI is InChI=1S/C10H14O4S/c1-3-13-4-5-14-8-6-9(15-7-8)10(11)12-2/h6-7H,3-5H2,1-2H3. The van der Waals surface area contributed by atoms with E-state index in [4.69, 9.17) is 9.47 Å². The van der Waals surface area contributed by atoms with Crippen LogP contribution in [0.5, 0.6) is 5.75 Å². The van der Waals surface area contributed by atoms with Crippen molar-refractivity contribution in [3.8, 4) is 5.75 Å². The Morgan fingerprint density at radius 1 is 1.47 bits per heavy atom. The molecule has 5 heteroatoms. The molecule has 0 unspecified atom stereocenters. The lowest BCUT2D eigenvalue weighted by Crippen LogP contribution is -2.05. The highest BCUT2D eigenvalue weighted by Crippen LogP contribution is 2.21. The largest absolute Gasteiger partial charge is 0.490 e. The Kier molecular flexibility index (Phi) is 5.14. The van der Waals surface area contributed by atoms with E-state index in [9.17, 15) is 4.79 Å². The molecule has 0 bridgehead atoms. The van der Waals surface area contributed by atoms with Gasteiger partial charge in [-0.2, -0.15) is 0 Å².